The Balaban J connectivity index is 1.44. The van der Waals surface area contributed by atoms with Crippen molar-refractivity contribution in [2.24, 2.45) is 5.41 Å². The van der Waals surface area contributed by atoms with Crippen LogP contribution in [0.4, 0.5) is 10.3 Å². The summed E-state index contributed by atoms with van der Waals surface area (Å²) in [5, 5.41) is 3.22. The summed E-state index contributed by atoms with van der Waals surface area (Å²) in [7, 11) is 3.41. The fourth-order valence-corrected chi connectivity index (χ4v) is 4.20. The number of pyridine rings is 1. The zero-order valence-corrected chi connectivity index (χ0v) is 21.3. The number of aromatic nitrogens is 5. The second-order valence-corrected chi connectivity index (χ2v) is 9.54. The molecular formula is C27H28FN7O3. The van der Waals surface area contributed by atoms with Crippen LogP contribution >= 0.6 is 0 Å². The number of imidazole rings is 1. The summed E-state index contributed by atoms with van der Waals surface area (Å²) >= 11 is 0. The summed E-state index contributed by atoms with van der Waals surface area (Å²) in [4.78, 5) is 35.2. The van der Waals surface area contributed by atoms with Gasteiger partial charge in [-0.15, -0.1) is 0 Å². The van der Waals surface area contributed by atoms with Crippen molar-refractivity contribution < 1.29 is 18.7 Å². The first-order chi connectivity index (χ1) is 18.3. The van der Waals surface area contributed by atoms with Crippen LogP contribution in [0.15, 0.2) is 61.1 Å². The van der Waals surface area contributed by atoms with Crippen LogP contribution < -0.4 is 5.32 Å². The first kappa shape index (κ1) is 25.4. The average molecular weight is 518 g/mol. The lowest BCUT2D eigenvalue weighted by atomic mass is 9.90. The summed E-state index contributed by atoms with van der Waals surface area (Å²) in [6.07, 6.45) is 4.29. The van der Waals surface area contributed by atoms with Gasteiger partial charge in [0.1, 0.15) is 5.82 Å². The number of carbonyl (C=O) groups excluding carboxylic acids is 1. The zero-order valence-electron chi connectivity index (χ0n) is 21.3. The maximum Gasteiger partial charge on any atom is 0.232 e. The van der Waals surface area contributed by atoms with Crippen LogP contribution in [0.2, 0.25) is 0 Å². The number of nitrogens with one attached hydrogen (secondary N) is 2. The molecule has 10 nitrogen and oxygen atoms in total. The molecule has 11 heteroatoms. The van der Waals surface area contributed by atoms with E-state index in [2.05, 4.69) is 25.3 Å². The molecule has 4 heterocycles. The van der Waals surface area contributed by atoms with Crippen LogP contribution in [-0.4, -0.2) is 63.0 Å². The number of rotatable bonds is 7. The quantitative estimate of drug-likeness (QED) is 0.380. The number of ether oxygens (including phenoxy) is 2. The third-order valence-electron chi connectivity index (χ3n) is 6.20. The highest BCUT2D eigenvalue weighted by molar-refractivity contribution is 5.82. The molecular weight excluding hydrogens is 489 g/mol. The Morgan fingerprint density at radius 2 is 1.79 bits per heavy atom. The van der Waals surface area contributed by atoms with E-state index >= 15 is 0 Å². The number of hydrogen-bond donors (Lipinski definition) is 2. The van der Waals surface area contributed by atoms with Crippen molar-refractivity contribution in [2.75, 3.05) is 32.6 Å². The van der Waals surface area contributed by atoms with Crippen LogP contribution in [0.5, 0.6) is 0 Å². The second kappa shape index (κ2) is 10.6. The van der Waals surface area contributed by atoms with E-state index in [0.717, 1.165) is 5.56 Å². The molecule has 2 N–H and O–H groups in total. The van der Waals surface area contributed by atoms with Crippen molar-refractivity contribution in [1.82, 2.24) is 29.8 Å². The number of aromatic amines is 1. The maximum absolute atomic E-state index is 13.7. The highest BCUT2D eigenvalue weighted by Gasteiger charge is 2.41. The first-order valence-corrected chi connectivity index (χ1v) is 12.1. The number of halogens is 1. The molecule has 196 valence electrons. The molecule has 0 radical (unpaired) electrons. The fourth-order valence-electron chi connectivity index (χ4n) is 4.20. The molecule has 5 rings (SSSR count). The van der Waals surface area contributed by atoms with Gasteiger partial charge in [-0.3, -0.25) is 9.78 Å². The van der Waals surface area contributed by atoms with Crippen LogP contribution in [0.25, 0.3) is 22.6 Å². The summed E-state index contributed by atoms with van der Waals surface area (Å²) in [6.45, 7) is 2.68. The molecule has 1 aliphatic rings. The summed E-state index contributed by atoms with van der Waals surface area (Å²) in [5.41, 5.74) is 2.68. The van der Waals surface area contributed by atoms with Gasteiger partial charge in [-0.2, -0.15) is 0 Å². The number of carbonyl (C=O) groups is 1. The molecule has 0 atom stereocenters. The Kier molecular flexibility index (Phi) is 7.12. The monoisotopic (exact) mass is 517 g/mol. The van der Waals surface area contributed by atoms with Crippen molar-refractivity contribution in [3.8, 4) is 22.6 Å². The molecule has 4 aromatic rings. The normalized spacial score (nSPS) is 19.2. The molecule has 3 aromatic heterocycles. The molecule has 0 unspecified atom stereocenters. The van der Waals surface area contributed by atoms with Gasteiger partial charge < -0.3 is 24.7 Å². The number of amides is 1. The van der Waals surface area contributed by atoms with Crippen LogP contribution in [0.3, 0.4) is 0 Å². The largest absolute Gasteiger partial charge is 0.350 e. The van der Waals surface area contributed by atoms with Gasteiger partial charge in [-0.25, -0.2) is 19.3 Å². The third-order valence-corrected chi connectivity index (χ3v) is 6.20. The SMILES string of the molecule is CN(C)C(=O)C1(C)COC(c2nc(-c3ccc(F)cc3)c(-c3ccnc(NCc4ccncc4)n3)[nH]2)OC1. The molecule has 1 aliphatic heterocycles. The first-order valence-electron chi connectivity index (χ1n) is 12.1. The van der Waals surface area contributed by atoms with Crippen molar-refractivity contribution in [2.45, 2.75) is 19.8 Å². The second-order valence-electron chi connectivity index (χ2n) is 9.54. The summed E-state index contributed by atoms with van der Waals surface area (Å²) < 4.78 is 25.6. The molecule has 38 heavy (non-hydrogen) atoms. The summed E-state index contributed by atoms with van der Waals surface area (Å²) in [6, 6.07) is 11.6. The molecule has 0 bridgehead atoms. The Labute approximate surface area is 219 Å². The highest BCUT2D eigenvalue weighted by Crippen LogP contribution is 2.36. The molecule has 0 spiro atoms. The topological polar surface area (TPSA) is 118 Å². The Bertz CT molecular complexity index is 1400. The number of anilines is 1. The van der Waals surface area contributed by atoms with Gasteiger partial charge >= 0.3 is 0 Å². The third kappa shape index (κ3) is 5.38. The van der Waals surface area contributed by atoms with E-state index in [1.807, 2.05) is 19.1 Å². The van der Waals surface area contributed by atoms with Gasteiger partial charge in [0, 0.05) is 44.8 Å². The van der Waals surface area contributed by atoms with Gasteiger partial charge in [0.15, 0.2) is 5.82 Å². The highest BCUT2D eigenvalue weighted by atomic mass is 19.1. The minimum Gasteiger partial charge on any atom is -0.350 e. The Morgan fingerprint density at radius 3 is 2.47 bits per heavy atom. The fraction of sp³-hybridized carbons (Fsp3) is 0.296. The van der Waals surface area contributed by atoms with Crippen LogP contribution in [0.1, 0.15) is 24.6 Å². The molecule has 0 saturated carbocycles. The van der Waals surface area contributed by atoms with E-state index in [9.17, 15) is 9.18 Å². The van der Waals surface area contributed by atoms with E-state index in [4.69, 9.17) is 14.5 Å². The molecule has 1 fully saturated rings. The standard InChI is InChI=1S/C27H28FN7O3/c1-27(25(36)35(2)3)15-37-24(38-16-27)23-33-21(18-4-6-19(28)7-5-18)22(34-23)20-10-13-30-26(32-20)31-14-17-8-11-29-12-9-17/h4-13,24H,14-16H2,1-3H3,(H,33,34)(H,30,31,32). The number of hydrogen-bond acceptors (Lipinski definition) is 8. The van der Waals surface area contributed by atoms with Crippen LogP contribution in [-0.2, 0) is 20.8 Å². The van der Waals surface area contributed by atoms with Gasteiger partial charge in [0.25, 0.3) is 0 Å². The predicted octanol–water partition coefficient (Wildman–Crippen LogP) is 3.82. The minimum absolute atomic E-state index is 0.0733. The lowest BCUT2D eigenvalue weighted by Gasteiger charge is -2.36. The van der Waals surface area contributed by atoms with Gasteiger partial charge in [0.2, 0.25) is 18.1 Å². The Morgan fingerprint density at radius 1 is 1.08 bits per heavy atom. The van der Waals surface area contributed by atoms with Crippen molar-refractivity contribution in [3.05, 3.63) is 78.3 Å². The summed E-state index contributed by atoms with van der Waals surface area (Å²) in [5.74, 6) is 0.433. The number of H-pyrrole nitrogens is 1. The molecule has 1 aromatic carbocycles. The van der Waals surface area contributed by atoms with E-state index in [-0.39, 0.29) is 24.9 Å². The molecule has 1 saturated heterocycles. The van der Waals surface area contributed by atoms with Gasteiger partial charge in [0.05, 0.1) is 35.7 Å². The van der Waals surface area contributed by atoms with Crippen molar-refractivity contribution >= 4 is 11.9 Å². The molecule has 0 aliphatic carbocycles. The smallest absolute Gasteiger partial charge is 0.232 e. The van der Waals surface area contributed by atoms with Gasteiger partial charge in [-0.05, 0) is 55.0 Å². The minimum atomic E-state index is -0.808. The van der Waals surface area contributed by atoms with E-state index in [0.29, 0.717) is 41.0 Å². The van der Waals surface area contributed by atoms with E-state index in [1.54, 1.807) is 50.9 Å². The number of nitrogens with zero attached hydrogens (tertiary/aromatic N) is 5. The lowest BCUT2D eigenvalue weighted by molar-refractivity contribution is -0.233. The predicted molar refractivity (Wildman–Crippen MR) is 138 cm³/mol. The van der Waals surface area contributed by atoms with E-state index < -0.39 is 11.7 Å². The van der Waals surface area contributed by atoms with Crippen LogP contribution in [0, 0.1) is 11.2 Å². The zero-order chi connectivity index (χ0) is 26.7. The lowest BCUT2D eigenvalue weighted by Crippen LogP contribution is -2.48. The van der Waals surface area contributed by atoms with Crippen molar-refractivity contribution in [1.29, 1.82) is 0 Å². The average Bonchev–Trinajstić information content (AvgIpc) is 3.38. The number of benzene rings is 1. The van der Waals surface area contributed by atoms with E-state index in [1.165, 1.54) is 17.0 Å². The molecule has 1 amide bonds. The van der Waals surface area contributed by atoms with Crippen molar-refractivity contribution in [3.63, 3.8) is 0 Å². The maximum atomic E-state index is 13.7. The van der Waals surface area contributed by atoms with Gasteiger partial charge in [-0.1, -0.05) is 0 Å². The Hall–Kier alpha value is -4.22.